The highest BCUT2D eigenvalue weighted by molar-refractivity contribution is 5.00. The highest BCUT2D eigenvalue weighted by Gasteiger charge is 2.04. The van der Waals surface area contributed by atoms with Crippen molar-refractivity contribution >= 4 is 0 Å². The molecule has 1 aromatic heterocycles. The Labute approximate surface area is 90.3 Å². The van der Waals surface area contributed by atoms with E-state index < -0.39 is 0 Å². The summed E-state index contributed by atoms with van der Waals surface area (Å²) >= 11 is 0. The SMILES string of the molecule is C/C=C/COc1nc(CNC(C)C)co1. The van der Waals surface area contributed by atoms with Crippen molar-refractivity contribution in [2.45, 2.75) is 33.4 Å². The van der Waals surface area contributed by atoms with Gasteiger partial charge in [0.1, 0.15) is 12.9 Å². The maximum atomic E-state index is 5.24. The fourth-order valence-corrected chi connectivity index (χ4v) is 0.960. The Morgan fingerprint density at radius 3 is 3.07 bits per heavy atom. The molecule has 0 aliphatic carbocycles. The third kappa shape index (κ3) is 4.65. The molecule has 1 heterocycles. The van der Waals surface area contributed by atoms with E-state index in [1.807, 2.05) is 19.1 Å². The van der Waals surface area contributed by atoms with Gasteiger partial charge in [0.2, 0.25) is 0 Å². The van der Waals surface area contributed by atoms with Gasteiger partial charge in [0.15, 0.2) is 0 Å². The van der Waals surface area contributed by atoms with Gasteiger partial charge in [-0.15, -0.1) is 0 Å². The van der Waals surface area contributed by atoms with Crippen LogP contribution in [0.3, 0.4) is 0 Å². The van der Waals surface area contributed by atoms with E-state index in [1.54, 1.807) is 6.26 Å². The van der Waals surface area contributed by atoms with Gasteiger partial charge < -0.3 is 14.5 Å². The van der Waals surface area contributed by atoms with Crippen LogP contribution >= 0.6 is 0 Å². The van der Waals surface area contributed by atoms with Crippen LogP contribution in [-0.2, 0) is 6.54 Å². The van der Waals surface area contributed by atoms with Crippen molar-refractivity contribution in [2.75, 3.05) is 6.61 Å². The second-order valence-electron chi connectivity index (χ2n) is 3.52. The molecular weight excluding hydrogens is 192 g/mol. The minimum Gasteiger partial charge on any atom is -0.446 e. The van der Waals surface area contributed by atoms with E-state index in [4.69, 9.17) is 9.15 Å². The van der Waals surface area contributed by atoms with Gasteiger partial charge in [-0.1, -0.05) is 26.0 Å². The van der Waals surface area contributed by atoms with E-state index in [2.05, 4.69) is 24.1 Å². The van der Waals surface area contributed by atoms with Crippen molar-refractivity contribution < 1.29 is 9.15 Å². The molecule has 1 N–H and O–H groups in total. The summed E-state index contributed by atoms with van der Waals surface area (Å²) < 4.78 is 10.4. The Balaban J connectivity index is 2.35. The zero-order chi connectivity index (χ0) is 11.1. The molecule has 0 fully saturated rings. The van der Waals surface area contributed by atoms with Crippen molar-refractivity contribution in [1.29, 1.82) is 0 Å². The van der Waals surface area contributed by atoms with Gasteiger partial charge in [-0.25, -0.2) is 0 Å². The van der Waals surface area contributed by atoms with Gasteiger partial charge in [0, 0.05) is 12.6 Å². The average molecular weight is 210 g/mol. The Hall–Kier alpha value is -1.29. The van der Waals surface area contributed by atoms with Crippen molar-refractivity contribution in [1.82, 2.24) is 10.3 Å². The molecule has 0 radical (unpaired) electrons. The summed E-state index contributed by atoms with van der Waals surface area (Å²) in [5, 5.41) is 3.25. The van der Waals surface area contributed by atoms with Gasteiger partial charge in [0.05, 0.1) is 5.69 Å². The van der Waals surface area contributed by atoms with Crippen molar-refractivity contribution in [3.63, 3.8) is 0 Å². The number of allylic oxidation sites excluding steroid dienone is 1. The van der Waals surface area contributed by atoms with Gasteiger partial charge in [-0.05, 0) is 6.92 Å². The van der Waals surface area contributed by atoms with Crippen molar-refractivity contribution in [3.8, 4) is 6.08 Å². The molecule has 0 atom stereocenters. The Kier molecular flexibility index (Phi) is 4.90. The van der Waals surface area contributed by atoms with Crippen molar-refractivity contribution in [3.05, 3.63) is 24.1 Å². The smallest absolute Gasteiger partial charge is 0.394 e. The molecule has 0 aliphatic rings. The highest BCUT2D eigenvalue weighted by Crippen LogP contribution is 2.09. The predicted octanol–water partition coefficient (Wildman–Crippen LogP) is 2.13. The van der Waals surface area contributed by atoms with Gasteiger partial charge in [-0.3, -0.25) is 0 Å². The highest BCUT2D eigenvalue weighted by atomic mass is 16.6. The Morgan fingerprint density at radius 2 is 2.40 bits per heavy atom. The Bertz CT molecular complexity index is 305. The topological polar surface area (TPSA) is 47.3 Å². The van der Waals surface area contributed by atoms with E-state index >= 15 is 0 Å². The first-order chi connectivity index (χ1) is 7.22. The number of nitrogens with one attached hydrogen (secondary N) is 1. The summed E-state index contributed by atoms with van der Waals surface area (Å²) in [5.41, 5.74) is 0.860. The molecule has 0 unspecified atom stereocenters. The lowest BCUT2D eigenvalue weighted by atomic mass is 10.4. The molecule has 0 saturated carbocycles. The summed E-state index contributed by atoms with van der Waals surface area (Å²) in [6, 6.07) is 0.439. The number of aromatic nitrogens is 1. The third-order valence-corrected chi connectivity index (χ3v) is 1.76. The molecule has 0 aliphatic heterocycles. The van der Waals surface area contributed by atoms with Crippen LogP contribution in [0.2, 0.25) is 0 Å². The molecule has 0 aromatic carbocycles. The molecule has 1 rings (SSSR count). The molecule has 0 amide bonds. The number of nitrogens with zero attached hydrogens (tertiary/aromatic N) is 1. The number of oxazole rings is 1. The second kappa shape index (κ2) is 6.24. The summed E-state index contributed by atoms with van der Waals surface area (Å²) in [6.07, 6.45) is 5.76. The molecule has 1 aromatic rings. The largest absolute Gasteiger partial charge is 0.446 e. The first-order valence-corrected chi connectivity index (χ1v) is 5.14. The lowest BCUT2D eigenvalue weighted by Gasteiger charge is -2.03. The maximum Gasteiger partial charge on any atom is 0.394 e. The van der Waals surface area contributed by atoms with Crippen LogP contribution < -0.4 is 10.1 Å². The van der Waals surface area contributed by atoms with Crippen LogP contribution in [0.15, 0.2) is 22.8 Å². The minimum atomic E-state index is 0.327. The van der Waals surface area contributed by atoms with Crippen molar-refractivity contribution in [2.24, 2.45) is 0 Å². The third-order valence-electron chi connectivity index (χ3n) is 1.76. The standard InChI is InChI=1S/C11H18N2O2/c1-4-5-6-14-11-13-10(8-15-11)7-12-9(2)3/h4-5,8-9,12H,6-7H2,1-3H3/b5-4+. The molecule has 15 heavy (non-hydrogen) atoms. The summed E-state index contributed by atoms with van der Waals surface area (Å²) in [5.74, 6) is 0. The molecular formula is C11H18N2O2. The summed E-state index contributed by atoms with van der Waals surface area (Å²) in [4.78, 5) is 4.17. The zero-order valence-electron chi connectivity index (χ0n) is 9.49. The second-order valence-corrected chi connectivity index (χ2v) is 3.52. The number of hydrogen-bond acceptors (Lipinski definition) is 4. The summed E-state index contributed by atoms with van der Waals surface area (Å²) in [7, 11) is 0. The van der Waals surface area contributed by atoms with Gasteiger partial charge in [-0.2, -0.15) is 4.98 Å². The number of rotatable bonds is 6. The van der Waals surface area contributed by atoms with E-state index in [9.17, 15) is 0 Å². The predicted molar refractivity (Wildman–Crippen MR) is 58.8 cm³/mol. The number of ether oxygens (including phenoxy) is 1. The first kappa shape index (κ1) is 11.8. The first-order valence-electron chi connectivity index (χ1n) is 5.14. The zero-order valence-corrected chi connectivity index (χ0v) is 9.49. The fraction of sp³-hybridized carbons (Fsp3) is 0.545. The quantitative estimate of drug-likeness (QED) is 0.731. The van der Waals surface area contributed by atoms with Gasteiger partial charge >= 0.3 is 6.08 Å². The molecule has 4 heteroatoms. The molecule has 84 valence electrons. The van der Waals surface area contributed by atoms with Crippen LogP contribution in [0.4, 0.5) is 0 Å². The fourth-order valence-electron chi connectivity index (χ4n) is 0.960. The summed E-state index contributed by atoms with van der Waals surface area (Å²) in [6.45, 7) is 7.31. The average Bonchev–Trinajstić information content (AvgIpc) is 2.63. The van der Waals surface area contributed by atoms with E-state index in [1.165, 1.54) is 0 Å². The van der Waals surface area contributed by atoms with Gasteiger partial charge in [0.25, 0.3) is 0 Å². The monoisotopic (exact) mass is 210 g/mol. The van der Waals surface area contributed by atoms with Crippen LogP contribution in [-0.4, -0.2) is 17.6 Å². The van der Waals surface area contributed by atoms with Crippen LogP contribution in [0.25, 0.3) is 0 Å². The molecule has 0 spiro atoms. The van der Waals surface area contributed by atoms with E-state index in [0.717, 1.165) is 5.69 Å². The molecule has 0 bridgehead atoms. The van der Waals surface area contributed by atoms with Crippen LogP contribution in [0.5, 0.6) is 6.08 Å². The number of hydrogen-bond donors (Lipinski definition) is 1. The lowest BCUT2D eigenvalue weighted by Crippen LogP contribution is -2.21. The molecule has 0 saturated heterocycles. The molecule has 4 nitrogen and oxygen atoms in total. The van der Waals surface area contributed by atoms with E-state index in [0.29, 0.717) is 25.3 Å². The minimum absolute atomic E-state index is 0.327. The maximum absolute atomic E-state index is 5.24. The van der Waals surface area contributed by atoms with Crippen LogP contribution in [0, 0.1) is 0 Å². The van der Waals surface area contributed by atoms with E-state index in [-0.39, 0.29) is 0 Å². The normalized spacial score (nSPS) is 11.5. The Morgan fingerprint density at radius 1 is 1.60 bits per heavy atom. The van der Waals surface area contributed by atoms with Crippen LogP contribution in [0.1, 0.15) is 26.5 Å². The lowest BCUT2D eigenvalue weighted by molar-refractivity contribution is 0.258.